The summed E-state index contributed by atoms with van der Waals surface area (Å²) in [5.41, 5.74) is 12.7. The zero-order valence-electron chi connectivity index (χ0n) is 32.9. The van der Waals surface area contributed by atoms with Crippen molar-refractivity contribution in [2.45, 2.75) is 13.1 Å². The van der Waals surface area contributed by atoms with Gasteiger partial charge in [0.2, 0.25) is 0 Å². The van der Waals surface area contributed by atoms with Gasteiger partial charge >= 0.3 is 0 Å². The van der Waals surface area contributed by atoms with E-state index < -0.39 is 8.07 Å². The van der Waals surface area contributed by atoms with Gasteiger partial charge in [0.15, 0.2) is 17.5 Å². The van der Waals surface area contributed by atoms with E-state index in [4.69, 9.17) is 15.0 Å². The Kier molecular flexibility index (Phi) is 8.28. The quantitative estimate of drug-likeness (QED) is 0.125. The summed E-state index contributed by atoms with van der Waals surface area (Å²) in [6.45, 7) is 4.95. The Morgan fingerprint density at radius 3 is 1.19 bits per heavy atom. The van der Waals surface area contributed by atoms with Crippen molar-refractivity contribution in [3.8, 4) is 78.7 Å². The van der Waals surface area contributed by atoms with Crippen molar-refractivity contribution in [1.29, 1.82) is 0 Å². The molecule has 9 aromatic carbocycles. The van der Waals surface area contributed by atoms with Crippen molar-refractivity contribution in [1.82, 2.24) is 15.0 Å². The maximum Gasteiger partial charge on any atom is 0.165 e. The van der Waals surface area contributed by atoms with E-state index in [9.17, 15) is 0 Å². The highest BCUT2D eigenvalue weighted by Crippen LogP contribution is 2.44. The maximum atomic E-state index is 5.34. The number of hydrogen-bond acceptors (Lipinski definition) is 3. The van der Waals surface area contributed by atoms with Crippen LogP contribution in [-0.4, -0.2) is 23.0 Å². The third-order valence-corrected chi connectivity index (χ3v) is 15.7. The Hall–Kier alpha value is -7.27. The van der Waals surface area contributed by atoms with Crippen LogP contribution < -0.4 is 10.4 Å². The van der Waals surface area contributed by atoms with Gasteiger partial charge in [-0.15, -0.1) is 0 Å². The summed E-state index contributed by atoms with van der Waals surface area (Å²) in [5.74, 6) is 1.93. The lowest BCUT2D eigenvalue weighted by Crippen LogP contribution is -2.49. The van der Waals surface area contributed by atoms with Crippen LogP contribution in [0.15, 0.2) is 200 Å². The standard InChI is InChI=1S/C55H39N3Si/c1-59(2)49-24-14-13-19-43(49)48-35-42(33-34-50(48)59)51-44-20-9-11-22-46(44)52(47-23-12-10-21-45(47)51)55-57-53(40-29-25-38(26-30-40)36-15-5-3-6-16-36)56-54(58-55)41-31-27-39(28-32-41)37-17-7-4-8-18-37/h3-35H,1-2H3. The van der Waals surface area contributed by atoms with Gasteiger partial charge in [-0.3, -0.25) is 0 Å². The van der Waals surface area contributed by atoms with Crippen molar-refractivity contribution in [2.24, 2.45) is 0 Å². The van der Waals surface area contributed by atoms with Crippen LogP contribution in [-0.2, 0) is 0 Å². The SMILES string of the molecule is C[Si]1(C)c2ccccc2-c2cc(-c3c4ccccc4c(-c4nc(-c5ccc(-c6ccccc6)cc5)nc(-c5ccc(-c6ccccc6)cc5)n4)c4ccccc34)ccc21. The number of nitrogens with zero attached hydrogens (tertiary/aromatic N) is 3. The van der Waals surface area contributed by atoms with E-state index in [0.717, 1.165) is 38.6 Å². The van der Waals surface area contributed by atoms with Crippen molar-refractivity contribution in [3.63, 3.8) is 0 Å². The molecule has 1 aliphatic heterocycles. The van der Waals surface area contributed by atoms with Crippen LogP contribution in [0.2, 0.25) is 13.1 Å². The second-order valence-electron chi connectivity index (χ2n) is 16.0. The van der Waals surface area contributed by atoms with E-state index in [1.54, 1.807) is 0 Å². The molecule has 11 rings (SSSR count). The van der Waals surface area contributed by atoms with E-state index in [0.29, 0.717) is 17.5 Å². The number of hydrogen-bond donors (Lipinski definition) is 0. The molecule has 59 heavy (non-hydrogen) atoms. The molecule has 10 aromatic rings. The summed E-state index contributed by atoms with van der Waals surface area (Å²) in [6, 6.07) is 71.8. The Bertz CT molecular complexity index is 3050. The first kappa shape index (κ1) is 34.9. The summed E-state index contributed by atoms with van der Waals surface area (Å²) in [6.07, 6.45) is 0. The van der Waals surface area contributed by atoms with Crippen LogP contribution in [0.3, 0.4) is 0 Å². The van der Waals surface area contributed by atoms with Gasteiger partial charge in [-0.25, -0.2) is 15.0 Å². The molecule has 0 aliphatic carbocycles. The molecule has 1 aliphatic rings. The summed E-state index contributed by atoms with van der Waals surface area (Å²) in [7, 11) is -1.80. The Balaban J connectivity index is 1.12. The van der Waals surface area contributed by atoms with Crippen LogP contribution in [0.4, 0.5) is 0 Å². The van der Waals surface area contributed by atoms with Gasteiger partial charge in [0.05, 0.1) is 0 Å². The van der Waals surface area contributed by atoms with Crippen LogP contribution >= 0.6 is 0 Å². The second kappa shape index (κ2) is 14.0. The Morgan fingerprint density at radius 1 is 0.288 bits per heavy atom. The average Bonchev–Trinajstić information content (AvgIpc) is 3.53. The second-order valence-corrected chi connectivity index (χ2v) is 20.3. The topological polar surface area (TPSA) is 38.7 Å². The fraction of sp³-hybridized carbons (Fsp3) is 0.0364. The van der Waals surface area contributed by atoms with Gasteiger partial charge in [-0.2, -0.15) is 0 Å². The van der Waals surface area contributed by atoms with Crippen molar-refractivity contribution in [2.75, 3.05) is 0 Å². The molecule has 3 nitrogen and oxygen atoms in total. The van der Waals surface area contributed by atoms with Gasteiger partial charge in [0, 0.05) is 16.7 Å². The fourth-order valence-electron chi connectivity index (χ4n) is 9.19. The fourth-order valence-corrected chi connectivity index (χ4v) is 12.3. The first-order chi connectivity index (χ1) is 29.0. The molecule has 0 amide bonds. The highest BCUT2D eigenvalue weighted by atomic mass is 28.3. The zero-order chi connectivity index (χ0) is 39.5. The largest absolute Gasteiger partial charge is 0.208 e. The molecule has 278 valence electrons. The first-order valence-electron chi connectivity index (χ1n) is 20.3. The molecule has 0 N–H and O–H groups in total. The predicted octanol–water partition coefficient (Wildman–Crippen LogP) is 13.0. The van der Waals surface area contributed by atoms with E-state index in [-0.39, 0.29) is 0 Å². The lowest BCUT2D eigenvalue weighted by atomic mass is 9.87. The molecule has 1 aromatic heterocycles. The monoisotopic (exact) mass is 769 g/mol. The normalized spacial score (nSPS) is 12.7. The highest BCUT2D eigenvalue weighted by molar-refractivity contribution is 7.03. The first-order valence-corrected chi connectivity index (χ1v) is 23.3. The molecule has 2 heterocycles. The third-order valence-electron chi connectivity index (χ3n) is 12.2. The van der Waals surface area contributed by atoms with Crippen LogP contribution in [0, 0.1) is 0 Å². The maximum absolute atomic E-state index is 5.34. The minimum absolute atomic E-state index is 0.637. The molecular weight excluding hydrogens is 731 g/mol. The minimum atomic E-state index is -1.80. The van der Waals surface area contributed by atoms with E-state index in [1.807, 2.05) is 12.1 Å². The van der Waals surface area contributed by atoms with Crippen molar-refractivity contribution < 1.29 is 0 Å². The lowest BCUT2D eigenvalue weighted by molar-refractivity contribution is 1.08. The van der Waals surface area contributed by atoms with Crippen LogP contribution in [0.5, 0.6) is 0 Å². The third kappa shape index (κ3) is 5.91. The molecule has 0 bridgehead atoms. The average molecular weight is 770 g/mol. The smallest absolute Gasteiger partial charge is 0.165 e. The minimum Gasteiger partial charge on any atom is -0.208 e. The number of aromatic nitrogens is 3. The number of benzene rings is 9. The van der Waals surface area contributed by atoms with Crippen LogP contribution in [0.1, 0.15) is 0 Å². The van der Waals surface area contributed by atoms with Gasteiger partial charge in [0.25, 0.3) is 0 Å². The lowest BCUT2D eigenvalue weighted by Gasteiger charge is -2.20. The summed E-state index contributed by atoms with van der Waals surface area (Å²) < 4.78 is 0. The van der Waals surface area contributed by atoms with E-state index >= 15 is 0 Å². The van der Waals surface area contributed by atoms with Crippen LogP contribution in [0.25, 0.3) is 100 Å². The number of rotatable bonds is 6. The van der Waals surface area contributed by atoms with E-state index in [1.165, 1.54) is 54.5 Å². The van der Waals surface area contributed by atoms with Crippen molar-refractivity contribution in [3.05, 3.63) is 200 Å². The van der Waals surface area contributed by atoms with Crippen molar-refractivity contribution >= 4 is 40.0 Å². The van der Waals surface area contributed by atoms with Gasteiger partial charge in [0.1, 0.15) is 8.07 Å². The molecule has 0 radical (unpaired) electrons. The van der Waals surface area contributed by atoms with Gasteiger partial charge in [-0.05, 0) is 82.5 Å². The summed E-state index contributed by atoms with van der Waals surface area (Å²) in [5, 5.41) is 7.59. The van der Waals surface area contributed by atoms with E-state index in [2.05, 4.69) is 201 Å². The molecular formula is C55H39N3Si. The van der Waals surface area contributed by atoms with Gasteiger partial charge in [-0.1, -0.05) is 207 Å². The molecule has 0 saturated heterocycles. The van der Waals surface area contributed by atoms with Gasteiger partial charge < -0.3 is 0 Å². The highest BCUT2D eigenvalue weighted by Gasteiger charge is 2.37. The Morgan fingerprint density at radius 2 is 0.661 bits per heavy atom. The molecule has 4 heteroatoms. The molecule has 0 fully saturated rings. The predicted molar refractivity (Wildman–Crippen MR) is 250 cm³/mol. The Labute approximate surface area is 345 Å². The summed E-state index contributed by atoms with van der Waals surface area (Å²) >= 11 is 0. The molecule has 0 unspecified atom stereocenters. The molecule has 0 saturated carbocycles. The number of fused-ring (bicyclic) bond motifs is 5. The molecule has 0 atom stereocenters. The molecule has 0 spiro atoms. The summed E-state index contributed by atoms with van der Waals surface area (Å²) in [4.78, 5) is 15.9. The zero-order valence-corrected chi connectivity index (χ0v) is 33.9.